The maximum absolute atomic E-state index is 10.3. The summed E-state index contributed by atoms with van der Waals surface area (Å²) in [6, 6.07) is 0. The fraction of sp³-hybridized carbons (Fsp3) is 0.875. The van der Waals surface area contributed by atoms with Crippen LogP contribution in [-0.4, -0.2) is 30.2 Å². The van der Waals surface area contributed by atoms with Crippen LogP contribution in [0.3, 0.4) is 0 Å². The van der Waals surface area contributed by atoms with Crippen LogP contribution in [0.25, 0.3) is 0 Å². The van der Waals surface area contributed by atoms with E-state index in [0.29, 0.717) is 6.42 Å². The zero-order valence-electron chi connectivity index (χ0n) is 7.55. The maximum Gasteiger partial charge on any atom is 0.217 e. The predicted molar refractivity (Wildman–Crippen MR) is 47.6 cm³/mol. The molecule has 1 atom stereocenters. The normalized spacial score (nSPS) is 12.8. The van der Waals surface area contributed by atoms with Crippen LogP contribution in [0.2, 0.25) is 0 Å². The third kappa shape index (κ3) is 9.39. The lowest BCUT2D eigenvalue weighted by atomic mass is 10.2. The van der Waals surface area contributed by atoms with Crippen LogP contribution in [0.1, 0.15) is 26.2 Å². The van der Waals surface area contributed by atoms with Gasteiger partial charge in [-0.05, 0) is 32.9 Å². The minimum absolute atomic E-state index is 0.256. The van der Waals surface area contributed by atoms with E-state index in [9.17, 15) is 4.79 Å². The average Bonchev–Trinajstić information content (AvgIpc) is 1.95. The van der Waals surface area contributed by atoms with Gasteiger partial charge in [-0.3, -0.25) is 4.79 Å². The highest BCUT2D eigenvalue weighted by Crippen LogP contribution is 1.87. The molecule has 0 spiro atoms. The number of hydrogen-bond acceptors (Lipinski definition) is 3. The van der Waals surface area contributed by atoms with Crippen LogP contribution in [0.15, 0.2) is 0 Å². The fourth-order valence-electron chi connectivity index (χ4n) is 0.824. The molecule has 72 valence electrons. The molecular formula is C8H18N2O2. The molecule has 0 aliphatic rings. The number of rotatable bonds is 7. The Hall–Kier alpha value is -0.610. The number of nitrogens with one attached hydrogen (secondary N) is 1. The molecule has 0 aliphatic carbocycles. The summed E-state index contributed by atoms with van der Waals surface area (Å²) >= 11 is 0. The molecule has 1 unspecified atom stereocenters. The van der Waals surface area contributed by atoms with Gasteiger partial charge in [0.25, 0.3) is 0 Å². The summed E-state index contributed by atoms with van der Waals surface area (Å²) in [5, 5.41) is 12.0. The van der Waals surface area contributed by atoms with Crippen molar-refractivity contribution in [1.29, 1.82) is 0 Å². The third-order valence-electron chi connectivity index (χ3n) is 1.52. The first-order valence-corrected chi connectivity index (χ1v) is 4.30. The van der Waals surface area contributed by atoms with Gasteiger partial charge in [0.15, 0.2) is 0 Å². The molecule has 0 aromatic carbocycles. The van der Waals surface area contributed by atoms with Gasteiger partial charge in [0.2, 0.25) is 5.91 Å². The molecule has 0 aliphatic heterocycles. The Balaban J connectivity index is 2.96. The van der Waals surface area contributed by atoms with Crippen molar-refractivity contribution in [3.63, 3.8) is 0 Å². The second-order valence-corrected chi connectivity index (χ2v) is 2.96. The van der Waals surface area contributed by atoms with Gasteiger partial charge in [0, 0.05) is 6.42 Å². The average molecular weight is 174 g/mol. The molecule has 0 aromatic rings. The van der Waals surface area contributed by atoms with E-state index in [-0.39, 0.29) is 12.0 Å². The zero-order valence-corrected chi connectivity index (χ0v) is 7.55. The Bertz CT molecular complexity index is 126. The molecule has 0 bridgehead atoms. The van der Waals surface area contributed by atoms with E-state index in [4.69, 9.17) is 10.8 Å². The van der Waals surface area contributed by atoms with Gasteiger partial charge in [0.05, 0.1) is 6.10 Å². The van der Waals surface area contributed by atoms with E-state index in [1.165, 1.54) is 0 Å². The molecule has 0 fully saturated rings. The molecule has 0 saturated carbocycles. The zero-order chi connectivity index (χ0) is 9.40. The molecular weight excluding hydrogens is 156 g/mol. The van der Waals surface area contributed by atoms with Gasteiger partial charge in [0.1, 0.15) is 0 Å². The topological polar surface area (TPSA) is 75.3 Å². The number of amides is 1. The number of nitrogens with two attached hydrogens (primary N) is 1. The summed E-state index contributed by atoms with van der Waals surface area (Å²) in [4.78, 5) is 10.3. The molecule has 12 heavy (non-hydrogen) atoms. The van der Waals surface area contributed by atoms with Crippen LogP contribution >= 0.6 is 0 Å². The first-order chi connectivity index (χ1) is 5.63. The lowest BCUT2D eigenvalue weighted by Gasteiger charge is -2.05. The van der Waals surface area contributed by atoms with Crippen molar-refractivity contribution in [1.82, 2.24) is 5.32 Å². The minimum Gasteiger partial charge on any atom is -0.393 e. The van der Waals surface area contributed by atoms with Crippen molar-refractivity contribution in [3.8, 4) is 0 Å². The Morgan fingerprint density at radius 1 is 1.58 bits per heavy atom. The van der Waals surface area contributed by atoms with Gasteiger partial charge in [-0.1, -0.05) is 0 Å². The quantitative estimate of drug-likeness (QED) is 0.460. The molecule has 4 nitrogen and oxygen atoms in total. The first kappa shape index (κ1) is 11.4. The van der Waals surface area contributed by atoms with Gasteiger partial charge < -0.3 is 16.2 Å². The number of hydrogen-bond donors (Lipinski definition) is 3. The summed E-state index contributed by atoms with van der Waals surface area (Å²) in [5.41, 5.74) is 4.95. The molecule has 0 heterocycles. The molecule has 0 saturated heterocycles. The van der Waals surface area contributed by atoms with E-state index in [0.717, 1.165) is 25.9 Å². The van der Waals surface area contributed by atoms with Gasteiger partial charge >= 0.3 is 0 Å². The van der Waals surface area contributed by atoms with Crippen LogP contribution < -0.4 is 11.1 Å². The van der Waals surface area contributed by atoms with Crippen molar-refractivity contribution in [2.24, 2.45) is 5.73 Å². The number of carbonyl (C=O) groups is 1. The van der Waals surface area contributed by atoms with Crippen LogP contribution in [0.4, 0.5) is 0 Å². The number of primary amides is 1. The molecule has 1 amide bonds. The Kier molecular flexibility index (Phi) is 6.70. The largest absolute Gasteiger partial charge is 0.393 e. The minimum atomic E-state index is -0.257. The molecule has 0 aromatic heterocycles. The van der Waals surface area contributed by atoms with E-state index >= 15 is 0 Å². The summed E-state index contributed by atoms with van der Waals surface area (Å²) < 4.78 is 0. The maximum atomic E-state index is 10.3. The lowest BCUT2D eigenvalue weighted by molar-refractivity contribution is -0.118. The predicted octanol–water partition coefficient (Wildman–Crippen LogP) is -0.388. The van der Waals surface area contributed by atoms with E-state index in [1.807, 2.05) is 0 Å². The molecule has 0 radical (unpaired) electrons. The summed E-state index contributed by atoms with van der Waals surface area (Å²) in [6.07, 6.45) is 1.70. The van der Waals surface area contributed by atoms with Crippen LogP contribution in [0.5, 0.6) is 0 Å². The van der Waals surface area contributed by atoms with Crippen molar-refractivity contribution in [2.75, 3.05) is 13.1 Å². The molecule has 4 heteroatoms. The number of aliphatic hydroxyl groups excluding tert-OH is 1. The third-order valence-corrected chi connectivity index (χ3v) is 1.52. The smallest absolute Gasteiger partial charge is 0.217 e. The Labute approximate surface area is 73.1 Å². The van der Waals surface area contributed by atoms with Crippen molar-refractivity contribution >= 4 is 5.91 Å². The Morgan fingerprint density at radius 2 is 2.25 bits per heavy atom. The lowest BCUT2D eigenvalue weighted by Crippen LogP contribution is -2.21. The van der Waals surface area contributed by atoms with E-state index in [2.05, 4.69) is 5.32 Å². The fourth-order valence-corrected chi connectivity index (χ4v) is 0.824. The summed E-state index contributed by atoms with van der Waals surface area (Å²) in [6.45, 7) is 3.33. The van der Waals surface area contributed by atoms with Crippen molar-refractivity contribution in [3.05, 3.63) is 0 Å². The van der Waals surface area contributed by atoms with E-state index < -0.39 is 0 Å². The molecule has 4 N–H and O–H groups in total. The van der Waals surface area contributed by atoms with Crippen LogP contribution in [-0.2, 0) is 4.79 Å². The Morgan fingerprint density at radius 3 is 2.75 bits per heavy atom. The number of carbonyl (C=O) groups excluding carboxylic acids is 1. The van der Waals surface area contributed by atoms with Gasteiger partial charge in [-0.15, -0.1) is 0 Å². The standard InChI is InChI=1S/C8H18N2O2/c1-7(11)4-6-10-5-2-3-8(9)12/h7,10-11H,2-6H2,1H3,(H2,9,12). The monoisotopic (exact) mass is 174 g/mol. The number of aliphatic hydroxyl groups is 1. The first-order valence-electron chi connectivity index (χ1n) is 4.30. The second-order valence-electron chi connectivity index (χ2n) is 2.96. The van der Waals surface area contributed by atoms with Crippen LogP contribution in [0, 0.1) is 0 Å². The van der Waals surface area contributed by atoms with Crippen molar-refractivity contribution < 1.29 is 9.90 Å². The highest BCUT2D eigenvalue weighted by molar-refractivity contribution is 5.73. The van der Waals surface area contributed by atoms with E-state index in [1.54, 1.807) is 6.92 Å². The van der Waals surface area contributed by atoms with Gasteiger partial charge in [-0.2, -0.15) is 0 Å². The van der Waals surface area contributed by atoms with Crippen molar-refractivity contribution in [2.45, 2.75) is 32.3 Å². The summed E-state index contributed by atoms with van der Waals surface area (Å²) in [5.74, 6) is -0.257. The molecule has 0 rings (SSSR count). The second kappa shape index (κ2) is 7.06. The SMILES string of the molecule is CC(O)CCNCCCC(N)=O. The highest BCUT2D eigenvalue weighted by atomic mass is 16.3. The highest BCUT2D eigenvalue weighted by Gasteiger charge is 1.95. The summed E-state index contributed by atoms with van der Waals surface area (Å²) in [7, 11) is 0. The van der Waals surface area contributed by atoms with Gasteiger partial charge in [-0.25, -0.2) is 0 Å².